The van der Waals surface area contributed by atoms with Crippen molar-refractivity contribution in [1.82, 2.24) is 0 Å². The second-order valence-corrected chi connectivity index (χ2v) is 6.21. The van der Waals surface area contributed by atoms with E-state index in [4.69, 9.17) is 14.6 Å². The molecule has 1 aliphatic carbocycles. The van der Waals surface area contributed by atoms with E-state index in [0.29, 0.717) is 31.6 Å². The minimum atomic E-state index is -0.894. The Balaban J connectivity index is 1.95. The average molecular weight is 304 g/mol. The number of fused-ring (bicyclic) bond motifs is 1. The Bertz CT molecular complexity index is 596. The van der Waals surface area contributed by atoms with Gasteiger partial charge in [-0.1, -0.05) is 24.3 Å². The maximum atomic E-state index is 12.7. The summed E-state index contributed by atoms with van der Waals surface area (Å²) in [6.07, 6.45) is 0.510. The molecule has 0 amide bonds. The molecule has 118 valence electrons. The van der Waals surface area contributed by atoms with E-state index in [1.165, 1.54) is 0 Å². The highest BCUT2D eigenvalue weighted by molar-refractivity contribution is 5.92. The van der Waals surface area contributed by atoms with Gasteiger partial charge in [0.1, 0.15) is 5.78 Å². The number of aliphatic carboxylic acids is 1. The third kappa shape index (κ3) is 2.66. The number of rotatable bonds is 3. The molecule has 1 aliphatic heterocycles. The molecule has 1 heterocycles. The van der Waals surface area contributed by atoms with Crippen molar-refractivity contribution < 1.29 is 24.2 Å². The first-order valence-electron chi connectivity index (χ1n) is 7.57. The van der Waals surface area contributed by atoms with Crippen molar-refractivity contribution in [3.05, 3.63) is 35.4 Å². The average Bonchev–Trinajstić information content (AvgIpc) is 2.48. The van der Waals surface area contributed by atoms with Crippen molar-refractivity contribution in [2.24, 2.45) is 0 Å². The van der Waals surface area contributed by atoms with Gasteiger partial charge in [-0.3, -0.25) is 9.59 Å². The molecule has 2 aliphatic rings. The normalized spacial score (nSPS) is 31.6. The standard InChI is InChI=1S/C17H20O5/c1-17(12-5-3-2-4-11(12)8-16(19)20)10-14-13(9-15(17)18)21-6-7-22-14/h2-5,13-14H,6-10H2,1H3,(H,19,20)/t13?,14?,17-/m1/s1. The molecule has 0 radical (unpaired) electrons. The molecule has 0 spiro atoms. The van der Waals surface area contributed by atoms with Gasteiger partial charge in [0.25, 0.3) is 0 Å². The zero-order valence-electron chi connectivity index (χ0n) is 12.6. The van der Waals surface area contributed by atoms with Gasteiger partial charge in [-0.05, 0) is 24.5 Å². The maximum absolute atomic E-state index is 12.7. The van der Waals surface area contributed by atoms with Crippen LogP contribution in [0.2, 0.25) is 0 Å². The van der Waals surface area contributed by atoms with Crippen LogP contribution >= 0.6 is 0 Å². The molecule has 1 N–H and O–H groups in total. The fraction of sp³-hybridized carbons (Fsp3) is 0.529. The molecule has 2 unspecified atom stereocenters. The maximum Gasteiger partial charge on any atom is 0.307 e. The summed E-state index contributed by atoms with van der Waals surface area (Å²) in [5, 5.41) is 9.10. The Hall–Kier alpha value is -1.72. The van der Waals surface area contributed by atoms with E-state index in [1.807, 2.05) is 25.1 Å². The lowest BCUT2D eigenvalue weighted by atomic mass is 9.66. The molecule has 2 fully saturated rings. The van der Waals surface area contributed by atoms with E-state index < -0.39 is 11.4 Å². The lowest BCUT2D eigenvalue weighted by Gasteiger charge is -2.44. The number of ketones is 1. The Kier molecular flexibility index (Phi) is 4.02. The highest BCUT2D eigenvalue weighted by atomic mass is 16.6. The van der Waals surface area contributed by atoms with Crippen molar-refractivity contribution in [1.29, 1.82) is 0 Å². The molecule has 1 saturated carbocycles. The first kappa shape index (κ1) is 15.2. The molecule has 1 saturated heterocycles. The Labute approximate surface area is 129 Å². The summed E-state index contributed by atoms with van der Waals surface area (Å²) in [7, 11) is 0. The van der Waals surface area contributed by atoms with Crippen molar-refractivity contribution in [3.8, 4) is 0 Å². The fourth-order valence-corrected chi connectivity index (χ4v) is 3.55. The highest BCUT2D eigenvalue weighted by Crippen LogP contribution is 2.41. The van der Waals surface area contributed by atoms with Crippen LogP contribution < -0.4 is 0 Å². The summed E-state index contributed by atoms with van der Waals surface area (Å²) in [6.45, 7) is 2.97. The summed E-state index contributed by atoms with van der Waals surface area (Å²) < 4.78 is 11.4. The fourth-order valence-electron chi connectivity index (χ4n) is 3.55. The minimum Gasteiger partial charge on any atom is -0.481 e. The summed E-state index contributed by atoms with van der Waals surface area (Å²) in [5.74, 6) is -0.800. The van der Waals surface area contributed by atoms with Crippen LogP contribution in [0.3, 0.4) is 0 Å². The number of hydrogen-bond acceptors (Lipinski definition) is 4. The van der Waals surface area contributed by atoms with Gasteiger partial charge in [-0.15, -0.1) is 0 Å². The van der Waals surface area contributed by atoms with Crippen LogP contribution in [0.4, 0.5) is 0 Å². The van der Waals surface area contributed by atoms with Crippen LogP contribution in [0.25, 0.3) is 0 Å². The zero-order chi connectivity index (χ0) is 15.7. The lowest BCUT2D eigenvalue weighted by molar-refractivity contribution is -0.172. The monoisotopic (exact) mass is 304 g/mol. The van der Waals surface area contributed by atoms with Crippen LogP contribution in [0, 0.1) is 0 Å². The van der Waals surface area contributed by atoms with Gasteiger partial charge in [0.05, 0.1) is 37.3 Å². The van der Waals surface area contributed by atoms with E-state index >= 15 is 0 Å². The third-order valence-electron chi connectivity index (χ3n) is 4.73. The first-order valence-corrected chi connectivity index (χ1v) is 7.57. The lowest BCUT2D eigenvalue weighted by Crippen LogP contribution is -2.52. The van der Waals surface area contributed by atoms with Gasteiger partial charge >= 0.3 is 5.97 Å². The zero-order valence-corrected chi connectivity index (χ0v) is 12.6. The van der Waals surface area contributed by atoms with Crippen LogP contribution in [0.5, 0.6) is 0 Å². The van der Waals surface area contributed by atoms with E-state index in [2.05, 4.69) is 0 Å². The first-order chi connectivity index (χ1) is 10.5. The number of carboxylic acids is 1. The Morgan fingerprint density at radius 1 is 1.27 bits per heavy atom. The smallest absolute Gasteiger partial charge is 0.307 e. The van der Waals surface area contributed by atoms with Crippen LogP contribution in [-0.2, 0) is 30.9 Å². The van der Waals surface area contributed by atoms with Gasteiger partial charge in [0.15, 0.2) is 0 Å². The van der Waals surface area contributed by atoms with Crippen molar-refractivity contribution in [2.75, 3.05) is 13.2 Å². The molecule has 3 atom stereocenters. The van der Waals surface area contributed by atoms with Crippen LogP contribution in [-0.4, -0.2) is 42.3 Å². The number of benzene rings is 1. The van der Waals surface area contributed by atoms with Gasteiger partial charge in [0, 0.05) is 6.42 Å². The minimum absolute atomic E-state index is 0.0789. The number of hydrogen-bond donors (Lipinski definition) is 1. The molecular formula is C17H20O5. The van der Waals surface area contributed by atoms with Crippen molar-refractivity contribution in [2.45, 2.75) is 43.8 Å². The summed E-state index contributed by atoms with van der Waals surface area (Å²) >= 11 is 0. The van der Waals surface area contributed by atoms with Gasteiger partial charge < -0.3 is 14.6 Å². The number of ether oxygens (including phenoxy) is 2. The number of Topliss-reactive ketones (excluding diaryl/α,β-unsaturated/α-hetero) is 1. The summed E-state index contributed by atoms with van der Waals surface area (Å²) in [4.78, 5) is 23.8. The van der Waals surface area contributed by atoms with Gasteiger partial charge in [0.2, 0.25) is 0 Å². The van der Waals surface area contributed by atoms with Crippen LogP contribution in [0.1, 0.15) is 30.9 Å². The Morgan fingerprint density at radius 2 is 1.95 bits per heavy atom. The summed E-state index contributed by atoms with van der Waals surface area (Å²) in [5.41, 5.74) is 0.782. The third-order valence-corrected chi connectivity index (χ3v) is 4.73. The highest BCUT2D eigenvalue weighted by Gasteiger charge is 2.47. The summed E-state index contributed by atoms with van der Waals surface area (Å²) in [6, 6.07) is 7.30. The van der Waals surface area contributed by atoms with Crippen molar-refractivity contribution >= 4 is 11.8 Å². The second kappa shape index (κ2) is 5.82. The molecule has 1 aromatic rings. The predicted molar refractivity (Wildman–Crippen MR) is 78.9 cm³/mol. The molecule has 0 aromatic heterocycles. The van der Waals surface area contributed by atoms with Crippen LogP contribution in [0.15, 0.2) is 24.3 Å². The number of carbonyl (C=O) groups excluding carboxylic acids is 1. The molecule has 1 aromatic carbocycles. The quantitative estimate of drug-likeness (QED) is 0.920. The van der Waals surface area contributed by atoms with Crippen molar-refractivity contribution in [3.63, 3.8) is 0 Å². The SMILES string of the molecule is C[C@]1(c2ccccc2CC(=O)O)CC2OCCOC2CC1=O. The van der Waals surface area contributed by atoms with E-state index in [1.54, 1.807) is 6.07 Å². The molecule has 3 rings (SSSR count). The van der Waals surface area contributed by atoms with Gasteiger partial charge in [-0.25, -0.2) is 0 Å². The van der Waals surface area contributed by atoms with Gasteiger partial charge in [-0.2, -0.15) is 0 Å². The largest absolute Gasteiger partial charge is 0.481 e. The molecule has 5 heteroatoms. The molecule has 22 heavy (non-hydrogen) atoms. The molecule has 0 bridgehead atoms. The second-order valence-electron chi connectivity index (χ2n) is 6.21. The topological polar surface area (TPSA) is 72.8 Å². The van der Waals surface area contributed by atoms with E-state index in [0.717, 1.165) is 5.56 Å². The van der Waals surface area contributed by atoms with E-state index in [9.17, 15) is 9.59 Å². The number of carbonyl (C=O) groups is 2. The predicted octanol–water partition coefficient (Wildman–Crippen LogP) is 1.72. The number of carboxylic acid groups (broad SMARTS) is 1. The Morgan fingerprint density at radius 3 is 2.68 bits per heavy atom. The molecule has 5 nitrogen and oxygen atoms in total. The molecular weight excluding hydrogens is 284 g/mol. The van der Waals surface area contributed by atoms with E-state index in [-0.39, 0.29) is 24.4 Å².